The zero-order chi connectivity index (χ0) is 12.6. The number of hydrogen-bond donors (Lipinski definition) is 2. The van der Waals surface area contributed by atoms with Gasteiger partial charge in [0.2, 0.25) is 0 Å². The van der Waals surface area contributed by atoms with Gasteiger partial charge in [-0.15, -0.1) is 0 Å². The molecule has 2 rings (SSSR count). The van der Waals surface area contributed by atoms with E-state index in [1.807, 2.05) is 60.1 Å². The Labute approximate surface area is 106 Å². The van der Waals surface area contributed by atoms with Gasteiger partial charge in [0.05, 0.1) is 6.54 Å². The molecule has 94 valence electrons. The largest absolute Gasteiger partial charge is 0.492 e. The van der Waals surface area contributed by atoms with Gasteiger partial charge in [-0.1, -0.05) is 18.2 Å². The summed E-state index contributed by atoms with van der Waals surface area (Å²) in [4.78, 5) is 0. The Kier molecular flexibility index (Phi) is 4.58. The van der Waals surface area contributed by atoms with E-state index in [4.69, 9.17) is 14.7 Å². The van der Waals surface area contributed by atoms with Crippen molar-refractivity contribution in [2.75, 3.05) is 13.2 Å². The van der Waals surface area contributed by atoms with E-state index >= 15 is 0 Å². The highest BCUT2D eigenvalue weighted by Crippen LogP contribution is 2.23. The molecule has 0 unspecified atom stereocenters. The minimum atomic E-state index is 0.391. The van der Waals surface area contributed by atoms with Crippen LogP contribution in [0.5, 0.6) is 17.2 Å². The van der Waals surface area contributed by atoms with Crippen LogP contribution in [-0.4, -0.2) is 18.4 Å². The first-order valence-electron chi connectivity index (χ1n) is 5.71. The number of benzene rings is 2. The molecule has 0 aliphatic heterocycles. The van der Waals surface area contributed by atoms with Crippen molar-refractivity contribution in [2.24, 2.45) is 0 Å². The van der Waals surface area contributed by atoms with Gasteiger partial charge in [-0.05, 0) is 36.4 Å². The monoisotopic (exact) mass is 245 g/mol. The van der Waals surface area contributed by atoms with Crippen LogP contribution in [-0.2, 0) is 0 Å². The summed E-state index contributed by atoms with van der Waals surface area (Å²) in [6.45, 7) is 0.803. The molecule has 0 fully saturated rings. The zero-order valence-electron chi connectivity index (χ0n) is 9.87. The molecule has 4 nitrogen and oxygen atoms in total. The van der Waals surface area contributed by atoms with Crippen molar-refractivity contribution in [3.05, 3.63) is 54.6 Å². The predicted molar refractivity (Wildman–Crippen MR) is 68.2 cm³/mol. The Morgan fingerprint density at radius 1 is 0.833 bits per heavy atom. The molecule has 0 aliphatic carbocycles. The number of rotatable bonds is 6. The third-order valence-corrected chi connectivity index (χ3v) is 2.29. The van der Waals surface area contributed by atoms with Crippen molar-refractivity contribution < 1.29 is 14.7 Å². The van der Waals surface area contributed by atoms with Gasteiger partial charge in [0.1, 0.15) is 23.9 Å². The van der Waals surface area contributed by atoms with Crippen molar-refractivity contribution in [1.82, 2.24) is 5.48 Å². The lowest BCUT2D eigenvalue weighted by Gasteiger charge is -2.08. The second kappa shape index (κ2) is 6.64. The first-order chi connectivity index (χ1) is 8.88. The highest BCUT2D eigenvalue weighted by Gasteiger charge is 1.97. The third-order valence-electron chi connectivity index (χ3n) is 2.29. The maximum absolute atomic E-state index is 8.40. The number of para-hydroxylation sites is 1. The topological polar surface area (TPSA) is 50.7 Å². The van der Waals surface area contributed by atoms with Crippen LogP contribution in [0.4, 0.5) is 0 Å². The molecular formula is C14H15NO3. The molecule has 2 aromatic rings. The van der Waals surface area contributed by atoms with E-state index in [1.54, 1.807) is 0 Å². The summed E-state index contributed by atoms with van der Waals surface area (Å²) >= 11 is 0. The Hall–Kier alpha value is -2.04. The average Bonchev–Trinajstić information content (AvgIpc) is 2.42. The summed E-state index contributed by atoms with van der Waals surface area (Å²) in [5.41, 5.74) is 2.03. The summed E-state index contributed by atoms with van der Waals surface area (Å²) in [6, 6.07) is 16.9. The molecule has 0 aliphatic rings. The summed E-state index contributed by atoms with van der Waals surface area (Å²) in [6.07, 6.45) is 0. The number of hydroxylamine groups is 1. The molecule has 2 N–H and O–H groups in total. The summed E-state index contributed by atoms with van der Waals surface area (Å²) < 4.78 is 11.0. The Balaban J connectivity index is 1.91. The fourth-order valence-electron chi connectivity index (χ4n) is 1.44. The number of hydrogen-bond acceptors (Lipinski definition) is 4. The molecule has 0 aromatic heterocycles. The highest BCUT2D eigenvalue weighted by atomic mass is 16.5. The highest BCUT2D eigenvalue weighted by molar-refractivity contribution is 5.35. The van der Waals surface area contributed by atoms with E-state index in [0.29, 0.717) is 13.2 Å². The van der Waals surface area contributed by atoms with Crippen LogP contribution in [0.15, 0.2) is 54.6 Å². The smallest absolute Gasteiger partial charge is 0.127 e. The molecule has 0 saturated heterocycles. The van der Waals surface area contributed by atoms with Gasteiger partial charge in [-0.2, -0.15) is 0 Å². The van der Waals surface area contributed by atoms with Gasteiger partial charge in [0, 0.05) is 0 Å². The van der Waals surface area contributed by atoms with Crippen molar-refractivity contribution in [3.8, 4) is 17.2 Å². The summed E-state index contributed by atoms with van der Waals surface area (Å²) in [5, 5.41) is 8.40. The standard InChI is InChI=1S/C14H15NO3/c16-15-10-11-17-12-6-8-14(9-7-12)18-13-4-2-1-3-5-13/h1-9,15-16H,10-11H2. The minimum Gasteiger partial charge on any atom is -0.492 e. The normalized spacial score (nSPS) is 10.1. The first-order valence-corrected chi connectivity index (χ1v) is 5.71. The van der Waals surface area contributed by atoms with Gasteiger partial charge in [-0.3, -0.25) is 0 Å². The van der Waals surface area contributed by atoms with Gasteiger partial charge in [0.15, 0.2) is 0 Å². The van der Waals surface area contributed by atoms with Crippen molar-refractivity contribution >= 4 is 0 Å². The predicted octanol–water partition coefficient (Wildman–Crippen LogP) is 2.84. The van der Waals surface area contributed by atoms with E-state index in [0.717, 1.165) is 17.2 Å². The Bertz CT molecular complexity index is 456. The lowest BCUT2D eigenvalue weighted by atomic mass is 10.3. The van der Waals surface area contributed by atoms with Crippen molar-refractivity contribution in [1.29, 1.82) is 0 Å². The quantitative estimate of drug-likeness (QED) is 0.607. The summed E-state index contributed by atoms with van der Waals surface area (Å²) in [7, 11) is 0. The van der Waals surface area contributed by atoms with Crippen LogP contribution in [0.3, 0.4) is 0 Å². The van der Waals surface area contributed by atoms with E-state index < -0.39 is 0 Å². The van der Waals surface area contributed by atoms with Gasteiger partial charge >= 0.3 is 0 Å². The number of ether oxygens (including phenoxy) is 2. The Morgan fingerprint density at radius 2 is 1.44 bits per heavy atom. The van der Waals surface area contributed by atoms with E-state index in [2.05, 4.69) is 0 Å². The fraction of sp³-hybridized carbons (Fsp3) is 0.143. The molecule has 2 aromatic carbocycles. The summed E-state index contributed by atoms with van der Waals surface area (Å²) in [5.74, 6) is 2.30. The van der Waals surface area contributed by atoms with Gasteiger partial charge in [-0.25, -0.2) is 5.48 Å². The second-order valence-corrected chi connectivity index (χ2v) is 3.64. The first kappa shape index (κ1) is 12.4. The maximum atomic E-state index is 8.40. The maximum Gasteiger partial charge on any atom is 0.127 e. The van der Waals surface area contributed by atoms with Crippen LogP contribution in [0.2, 0.25) is 0 Å². The molecule has 18 heavy (non-hydrogen) atoms. The molecule has 0 spiro atoms. The average molecular weight is 245 g/mol. The van der Waals surface area contributed by atoms with Crippen LogP contribution < -0.4 is 15.0 Å². The van der Waals surface area contributed by atoms with Crippen LogP contribution in [0.1, 0.15) is 0 Å². The van der Waals surface area contributed by atoms with E-state index in [9.17, 15) is 0 Å². The molecule has 4 heteroatoms. The van der Waals surface area contributed by atoms with Crippen LogP contribution >= 0.6 is 0 Å². The van der Waals surface area contributed by atoms with E-state index in [-0.39, 0.29) is 0 Å². The molecule has 0 atom stereocenters. The third kappa shape index (κ3) is 3.76. The van der Waals surface area contributed by atoms with Crippen LogP contribution in [0.25, 0.3) is 0 Å². The van der Waals surface area contributed by atoms with Crippen LogP contribution in [0, 0.1) is 0 Å². The zero-order valence-corrected chi connectivity index (χ0v) is 9.87. The number of nitrogens with one attached hydrogen (secondary N) is 1. The van der Waals surface area contributed by atoms with Crippen molar-refractivity contribution in [3.63, 3.8) is 0 Å². The molecular weight excluding hydrogens is 230 g/mol. The minimum absolute atomic E-state index is 0.391. The molecule has 0 radical (unpaired) electrons. The molecule has 0 amide bonds. The molecule has 0 bridgehead atoms. The Morgan fingerprint density at radius 3 is 2.11 bits per heavy atom. The van der Waals surface area contributed by atoms with E-state index in [1.165, 1.54) is 0 Å². The second-order valence-electron chi connectivity index (χ2n) is 3.64. The lowest BCUT2D eigenvalue weighted by molar-refractivity contribution is 0.145. The molecule has 0 heterocycles. The van der Waals surface area contributed by atoms with Gasteiger partial charge < -0.3 is 14.7 Å². The molecule has 0 saturated carbocycles. The SMILES string of the molecule is ONCCOc1ccc(Oc2ccccc2)cc1. The fourth-order valence-corrected chi connectivity index (χ4v) is 1.44. The lowest BCUT2D eigenvalue weighted by Crippen LogP contribution is -2.16. The van der Waals surface area contributed by atoms with Gasteiger partial charge in [0.25, 0.3) is 0 Å². The van der Waals surface area contributed by atoms with Crippen molar-refractivity contribution in [2.45, 2.75) is 0 Å².